The second kappa shape index (κ2) is 6.06. The van der Waals surface area contributed by atoms with E-state index in [-0.39, 0.29) is 18.9 Å². The van der Waals surface area contributed by atoms with Gasteiger partial charge in [0.25, 0.3) is 0 Å². The van der Waals surface area contributed by atoms with Crippen LogP contribution >= 0.6 is 0 Å². The zero-order valence-electron chi connectivity index (χ0n) is 6.27. The maximum atomic E-state index is 10.1. The average Bonchev–Trinajstić information content (AvgIpc) is 1.67. The summed E-state index contributed by atoms with van der Waals surface area (Å²) in [6.07, 6.45) is 1.62. The van der Waals surface area contributed by atoms with Gasteiger partial charge < -0.3 is 5.11 Å². The molecule has 0 fully saturated rings. The first-order valence-electron chi connectivity index (χ1n) is 2.74. The Hall–Kier alpha value is -0.0626. The Bertz CT molecular complexity index is 83.1. The molecule has 0 rings (SSSR count). The Morgan fingerprint density at radius 2 is 2.11 bits per heavy atom. The van der Waals surface area contributed by atoms with Crippen molar-refractivity contribution in [3.8, 4) is 0 Å². The first kappa shape index (κ1) is 11.7. The summed E-state index contributed by atoms with van der Waals surface area (Å²) in [5.74, 6) is -0.223. The molecule has 0 aliphatic rings. The molecule has 0 atom stereocenters. The van der Waals surface area contributed by atoms with Crippen LogP contribution in [0.15, 0.2) is 0 Å². The molecular formula is C6H11LiO2. The van der Waals surface area contributed by atoms with Gasteiger partial charge in [0.05, 0.1) is 0 Å². The smallest absolute Gasteiger partial charge is 0.503 e. The van der Waals surface area contributed by atoms with Crippen molar-refractivity contribution in [2.75, 3.05) is 0 Å². The zero-order valence-corrected chi connectivity index (χ0v) is 6.27. The molecule has 0 heterocycles. The standard InChI is InChI=1S/C6H11O2.Li/c1-3-4-5(2)6(7)8;/h3-4H2,1-2H3,(H,7,8);/q-1;+1. The van der Waals surface area contributed by atoms with Gasteiger partial charge in [-0.15, -0.1) is 0 Å². The largest absolute Gasteiger partial charge is 1.00 e. The summed E-state index contributed by atoms with van der Waals surface area (Å²) >= 11 is 0. The molecule has 0 aromatic carbocycles. The van der Waals surface area contributed by atoms with Crippen molar-refractivity contribution >= 4 is 5.97 Å². The van der Waals surface area contributed by atoms with E-state index in [1.807, 2.05) is 6.92 Å². The Balaban J connectivity index is 0. The summed E-state index contributed by atoms with van der Waals surface area (Å²) in [6, 6.07) is 0. The van der Waals surface area contributed by atoms with E-state index < -0.39 is 5.97 Å². The maximum absolute atomic E-state index is 10.1. The fraction of sp³-hybridized carbons (Fsp3) is 0.667. The van der Waals surface area contributed by atoms with Crippen LogP contribution in [0.4, 0.5) is 0 Å². The molecule has 0 saturated carbocycles. The SMILES string of the molecule is CCC[C-](C)C(=O)O.[Li+]. The van der Waals surface area contributed by atoms with Crippen molar-refractivity contribution in [1.29, 1.82) is 0 Å². The van der Waals surface area contributed by atoms with E-state index >= 15 is 0 Å². The van der Waals surface area contributed by atoms with E-state index in [2.05, 4.69) is 0 Å². The number of rotatable bonds is 3. The second-order valence-electron chi connectivity index (χ2n) is 1.84. The molecule has 0 unspecified atom stereocenters. The number of hydrogen-bond acceptors (Lipinski definition) is 1. The molecule has 0 bridgehead atoms. The minimum Gasteiger partial charge on any atom is -0.503 e. The van der Waals surface area contributed by atoms with Crippen LogP contribution in [0.1, 0.15) is 26.7 Å². The molecule has 0 amide bonds. The molecule has 0 radical (unpaired) electrons. The van der Waals surface area contributed by atoms with Crippen molar-refractivity contribution in [2.24, 2.45) is 0 Å². The monoisotopic (exact) mass is 122 g/mol. The minimum absolute atomic E-state index is 0. The topological polar surface area (TPSA) is 37.3 Å². The van der Waals surface area contributed by atoms with Crippen LogP contribution in [0, 0.1) is 5.92 Å². The third-order valence-electron chi connectivity index (χ3n) is 0.990. The molecule has 48 valence electrons. The molecule has 0 aliphatic heterocycles. The van der Waals surface area contributed by atoms with Gasteiger partial charge in [-0.1, -0.05) is 13.3 Å². The Morgan fingerprint density at radius 3 is 2.22 bits per heavy atom. The predicted molar refractivity (Wildman–Crippen MR) is 31.5 cm³/mol. The number of carboxylic acid groups (broad SMARTS) is 1. The quantitative estimate of drug-likeness (QED) is 0.364. The summed E-state index contributed by atoms with van der Waals surface area (Å²) in [7, 11) is 0. The normalized spacial score (nSPS) is 7.78. The van der Waals surface area contributed by atoms with Gasteiger partial charge in [-0.25, -0.2) is 0 Å². The predicted octanol–water partition coefficient (Wildman–Crippen LogP) is -1.53. The van der Waals surface area contributed by atoms with Crippen LogP contribution in [-0.4, -0.2) is 11.1 Å². The summed E-state index contributed by atoms with van der Waals surface area (Å²) < 4.78 is 0. The Morgan fingerprint density at radius 1 is 1.67 bits per heavy atom. The number of hydrogen-bond donors (Lipinski definition) is 1. The molecule has 3 heteroatoms. The van der Waals surface area contributed by atoms with Crippen molar-refractivity contribution < 1.29 is 28.8 Å². The summed E-state index contributed by atoms with van der Waals surface area (Å²) in [5, 5.41) is 8.28. The Kier molecular flexibility index (Phi) is 7.88. The van der Waals surface area contributed by atoms with Crippen LogP contribution in [0.2, 0.25) is 0 Å². The van der Waals surface area contributed by atoms with E-state index in [1.54, 1.807) is 6.92 Å². The van der Waals surface area contributed by atoms with E-state index in [9.17, 15) is 4.79 Å². The first-order chi connectivity index (χ1) is 3.68. The third-order valence-corrected chi connectivity index (χ3v) is 0.990. The van der Waals surface area contributed by atoms with Gasteiger partial charge in [-0.05, 0) is 0 Å². The third kappa shape index (κ3) is 5.81. The van der Waals surface area contributed by atoms with Crippen LogP contribution in [0.5, 0.6) is 0 Å². The molecule has 0 aromatic rings. The number of carbonyl (C=O) groups is 1. The van der Waals surface area contributed by atoms with Crippen molar-refractivity contribution in [2.45, 2.75) is 26.7 Å². The molecule has 1 N–H and O–H groups in total. The van der Waals surface area contributed by atoms with E-state index in [1.165, 1.54) is 0 Å². The van der Waals surface area contributed by atoms with E-state index in [4.69, 9.17) is 5.11 Å². The van der Waals surface area contributed by atoms with Crippen LogP contribution in [0.3, 0.4) is 0 Å². The molecular weight excluding hydrogens is 111 g/mol. The maximum Gasteiger partial charge on any atom is 1.00 e. The molecule has 0 saturated heterocycles. The van der Waals surface area contributed by atoms with Gasteiger partial charge in [0.1, 0.15) is 0 Å². The van der Waals surface area contributed by atoms with Crippen LogP contribution in [-0.2, 0) is 4.79 Å². The molecule has 0 aliphatic carbocycles. The van der Waals surface area contributed by atoms with Gasteiger partial charge in [0.2, 0.25) is 0 Å². The van der Waals surface area contributed by atoms with Gasteiger partial charge in [-0.3, -0.25) is 10.7 Å². The van der Waals surface area contributed by atoms with Crippen LogP contribution in [0.25, 0.3) is 0 Å². The van der Waals surface area contributed by atoms with Crippen LogP contribution < -0.4 is 18.9 Å². The fourth-order valence-corrected chi connectivity index (χ4v) is 0.482. The Labute approximate surface area is 67.8 Å². The van der Waals surface area contributed by atoms with Gasteiger partial charge in [0.15, 0.2) is 5.97 Å². The van der Waals surface area contributed by atoms with Gasteiger partial charge in [0, 0.05) is 0 Å². The average molecular weight is 122 g/mol. The van der Waals surface area contributed by atoms with Gasteiger partial charge in [-0.2, -0.15) is 13.3 Å². The zero-order chi connectivity index (χ0) is 6.57. The summed E-state index contributed by atoms with van der Waals surface area (Å²) in [4.78, 5) is 10.1. The molecule has 0 aromatic heterocycles. The summed E-state index contributed by atoms with van der Waals surface area (Å²) in [5.41, 5.74) is 0. The first-order valence-corrected chi connectivity index (χ1v) is 2.74. The van der Waals surface area contributed by atoms with E-state index in [0.29, 0.717) is 12.3 Å². The van der Waals surface area contributed by atoms with Gasteiger partial charge >= 0.3 is 18.9 Å². The minimum atomic E-state index is -0.771. The number of carboxylic acids is 1. The van der Waals surface area contributed by atoms with Crippen molar-refractivity contribution in [1.82, 2.24) is 0 Å². The fourth-order valence-electron chi connectivity index (χ4n) is 0.482. The van der Waals surface area contributed by atoms with E-state index in [0.717, 1.165) is 6.42 Å². The van der Waals surface area contributed by atoms with Crippen molar-refractivity contribution in [3.05, 3.63) is 5.92 Å². The number of aliphatic carboxylic acids is 1. The molecule has 2 nitrogen and oxygen atoms in total. The molecule has 9 heavy (non-hydrogen) atoms. The summed E-state index contributed by atoms with van der Waals surface area (Å²) in [6.45, 7) is 3.61. The second-order valence-corrected chi connectivity index (χ2v) is 1.84. The van der Waals surface area contributed by atoms with Crippen molar-refractivity contribution in [3.63, 3.8) is 0 Å². The molecule has 0 spiro atoms.